The van der Waals surface area contributed by atoms with Crippen LogP contribution >= 0.6 is 0 Å². The molecule has 0 aliphatic heterocycles. The minimum Gasteiger partial charge on any atom is -0.477 e. The Morgan fingerprint density at radius 2 is 2.20 bits per heavy atom. The Bertz CT molecular complexity index is 368. The molecule has 0 bridgehead atoms. The van der Waals surface area contributed by atoms with Gasteiger partial charge in [0.05, 0.1) is 12.3 Å². The van der Waals surface area contributed by atoms with E-state index in [1.807, 2.05) is 6.92 Å². The van der Waals surface area contributed by atoms with Gasteiger partial charge in [-0.3, -0.25) is 5.41 Å². The lowest BCUT2D eigenvalue weighted by atomic mass is 10.2. The van der Waals surface area contributed by atoms with Crippen LogP contribution in [0.2, 0.25) is 0 Å². The Morgan fingerprint density at radius 1 is 1.60 bits per heavy atom. The van der Waals surface area contributed by atoms with Crippen LogP contribution in [0.4, 0.5) is 0 Å². The lowest BCUT2D eigenvalue weighted by molar-refractivity contribution is 0.249. The van der Waals surface area contributed by atoms with Crippen molar-refractivity contribution in [2.45, 2.75) is 20.8 Å². The number of nitrogens with one attached hydrogen (secondary N) is 1. The van der Waals surface area contributed by atoms with Crippen LogP contribution in [0.5, 0.6) is 5.88 Å². The number of aromatic nitrogens is 2. The van der Waals surface area contributed by atoms with Crippen molar-refractivity contribution < 1.29 is 4.74 Å². The van der Waals surface area contributed by atoms with Crippen molar-refractivity contribution in [2.24, 2.45) is 18.7 Å². The van der Waals surface area contributed by atoms with Gasteiger partial charge in [0.1, 0.15) is 11.4 Å². The van der Waals surface area contributed by atoms with E-state index in [9.17, 15) is 0 Å². The molecule has 15 heavy (non-hydrogen) atoms. The molecule has 3 N–H and O–H groups in total. The molecule has 0 aliphatic rings. The van der Waals surface area contributed by atoms with Crippen molar-refractivity contribution in [3.63, 3.8) is 0 Å². The van der Waals surface area contributed by atoms with Crippen LogP contribution in [0.25, 0.3) is 0 Å². The van der Waals surface area contributed by atoms with Crippen LogP contribution in [-0.4, -0.2) is 22.2 Å². The summed E-state index contributed by atoms with van der Waals surface area (Å²) < 4.78 is 7.21. The van der Waals surface area contributed by atoms with Crippen molar-refractivity contribution in [1.29, 1.82) is 5.41 Å². The zero-order valence-corrected chi connectivity index (χ0v) is 9.66. The number of hydrogen-bond acceptors (Lipinski definition) is 3. The molecule has 0 fully saturated rings. The van der Waals surface area contributed by atoms with E-state index in [-0.39, 0.29) is 5.84 Å². The number of ether oxygens (including phenoxy) is 1. The molecule has 5 heteroatoms. The Balaban J connectivity index is 2.99. The Morgan fingerprint density at radius 3 is 2.67 bits per heavy atom. The number of amidine groups is 1. The standard InChI is InChI=1S/C10H18N4O/c1-6(2)5-15-10-8(9(11)12)7(3)13-14(10)4/h6H,5H2,1-4H3,(H3,11,12). The molecule has 0 aliphatic carbocycles. The second-order valence-electron chi connectivity index (χ2n) is 4.01. The molecule has 1 heterocycles. The van der Waals surface area contributed by atoms with Gasteiger partial charge in [0.25, 0.3) is 0 Å². The highest BCUT2D eigenvalue weighted by atomic mass is 16.5. The second-order valence-corrected chi connectivity index (χ2v) is 4.01. The average Bonchev–Trinajstić information content (AvgIpc) is 2.37. The van der Waals surface area contributed by atoms with Crippen LogP contribution in [0.3, 0.4) is 0 Å². The number of nitrogen functional groups attached to an aromatic ring is 1. The van der Waals surface area contributed by atoms with Crippen molar-refractivity contribution in [2.75, 3.05) is 6.61 Å². The van der Waals surface area contributed by atoms with E-state index < -0.39 is 0 Å². The zero-order chi connectivity index (χ0) is 11.6. The van der Waals surface area contributed by atoms with Gasteiger partial charge in [-0.1, -0.05) is 13.8 Å². The molecule has 0 amide bonds. The third-order valence-corrected chi connectivity index (χ3v) is 1.99. The molecule has 0 unspecified atom stereocenters. The predicted octanol–water partition coefficient (Wildman–Crippen LogP) is 1.05. The van der Waals surface area contributed by atoms with Gasteiger partial charge in [0.15, 0.2) is 0 Å². The van der Waals surface area contributed by atoms with Gasteiger partial charge in [-0.2, -0.15) is 5.10 Å². The number of hydrogen-bond donors (Lipinski definition) is 2. The van der Waals surface area contributed by atoms with E-state index >= 15 is 0 Å². The van der Waals surface area contributed by atoms with Crippen molar-refractivity contribution >= 4 is 5.84 Å². The normalized spacial score (nSPS) is 10.7. The zero-order valence-electron chi connectivity index (χ0n) is 9.66. The third kappa shape index (κ3) is 2.49. The van der Waals surface area contributed by atoms with Gasteiger partial charge in [-0.25, -0.2) is 4.68 Å². The maximum atomic E-state index is 7.46. The number of nitrogens with two attached hydrogens (primary N) is 1. The van der Waals surface area contributed by atoms with E-state index in [2.05, 4.69) is 18.9 Å². The predicted molar refractivity (Wildman–Crippen MR) is 59.3 cm³/mol. The van der Waals surface area contributed by atoms with Crippen LogP contribution in [0.1, 0.15) is 25.1 Å². The maximum absolute atomic E-state index is 7.46. The molecular weight excluding hydrogens is 192 g/mol. The van der Waals surface area contributed by atoms with E-state index in [0.717, 1.165) is 5.69 Å². The van der Waals surface area contributed by atoms with Gasteiger partial charge >= 0.3 is 0 Å². The lowest BCUT2D eigenvalue weighted by Gasteiger charge is -2.10. The highest BCUT2D eigenvalue weighted by Crippen LogP contribution is 2.20. The molecule has 1 aromatic rings. The average molecular weight is 210 g/mol. The summed E-state index contributed by atoms with van der Waals surface area (Å²) in [5, 5.41) is 11.6. The van der Waals surface area contributed by atoms with E-state index in [4.69, 9.17) is 15.9 Å². The molecule has 0 atom stereocenters. The number of aryl methyl sites for hydroxylation is 2. The van der Waals surface area contributed by atoms with Crippen LogP contribution in [0.15, 0.2) is 0 Å². The summed E-state index contributed by atoms with van der Waals surface area (Å²) in [5.74, 6) is 1.01. The van der Waals surface area contributed by atoms with Gasteiger partial charge < -0.3 is 10.5 Å². The SMILES string of the molecule is Cc1nn(C)c(OCC(C)C)c1C(=N)N. The van der Waals surface area contributed by atoms with Crippen LogP contribution in [0, 0.1) is 18.3 Å². The van der Waals surface area contributed by atoms with Gasteiger partial charge in [-0.05, 0) is 12.8 Å². The van der Waals surface area contributed by atoms with Crippen molar-refractivity contribution in [1.82, 2.24) is 9.78 Å². The van der Waals surface area contributed by atoms with E-state index in [1.165, 1.54) is 0 Å². The fraction of sp³-hybridized carbons (Fsp3) is 0.600. The molecule has 0 radical (unpaired) electrons. The lowest BCUT2D eigenvalue weighted by Crippen LogP contribution is -2.15. The summed E-state index contributed by atoms with van der Waals surface area (Å²) in [6.45, 7) is 6.55. The molecule has 1 aromatic heterocycles. The van der Waals surface area contributed by atoms with E-state index in [0.29, 0.717) is 24.0 Å². The first-order valence-electron chi connectivity index (χ1n) is 4.94. The minimum absolute atomic E-state index is 0.000596. The van der Waals surface area contributed by atoms with Gasteiger partial charge in [0, 0.05) is 7.05 Å². The summed E-state index contributed by atoms with van der Waals surface area (Å²) >= 11 is 0. The fourth-order valence-electron chi connectivity index (χ4n) is 1.36. The smallest absolute Gasteiger partial charge is 0.223 e. The fourth-order valence-corrected chi connectivity index (χ4v) is 1.36. The maximum Gasteiger partial charge on any atom is 0.223 e. The minimum atomic E-state index is -0.000596. The second kappa shape index (κ2) is 4.33. The topological polar surface area (TPSA) is 76.9 Å². The van der Waals surface area contributed by atoms with Gasteiger partial charge in [-0.15, -0.1) is 0 Å². The molecule has 0 saturated heterocycles. The third-order valence-electron chi connectivity index (χ3n) is 1.99. The Hall–Kier alpha value is -1.52. The van der Waals surface area contributed by atoms with Crippen LogP contribution in [-0.2, 0) is 7.05 Å². The molecule has 5 nitrogen and oxygen atoms in total. The molecule has 0 spiro atoms. The summed E-state index contributed by atoms with van der Waals surface area (Å²) in [7, 11) is 1.79. The summed E-state index contributed by atoms with van der Waals surface area (Å²) in [6, 6.07) is 0. The highest BCUT2D eigenvalue weighted by Gasteiger charge is 2.17. The molecule has 0 saturated carbocycles. The summed E-state index contributed by atoms with van der Waals surface area (Å²) in [4.78, 5) is 0. The summed E-state index contributed by atoms with van der Waals surface area (Å²) in [5.41, 5.74) is 6.81. The molecule has 0 aromatic carbocycles. The Kier molecular flexibility index (Phi) is 3.34. The molecule has 1 rings (SSSR count). The monoisotopic (exact) mass is 210 g/mol. The van der Waals surface area contributed by atoms with Crippen LogP contribution < -0.4 is 10.5 Å². The Labute approximate surface area is 89.7 Å². The van der Waals surface area contributed by atoms with Gasteiger partial charge in [0.2, 0.25) is 5.88 Å². The van der Waals surface area contributed by atoms with Crippen molar-refractivity contribution in [3.8, 4) is 5.88 Å². The molecule has 84 valence electrons. The molecular formula is C10H18N4O. The van der Waals surface area contributed by atoms with Crippen molar-refractivity contribution in [3.05, 3.63) is 11.3 Å². The largest absolute Gasteiger partial charge is 0.477 e. The number of rotatable bonds is 4. The first-order chi connectivity index (χ1) is 6.93. The van der Waals surface area contributed by atoms with E-state index in [1.54, 1.807) is 11.7 Å². The highest BCUT2D eigenvalue weighted by molar-refractivity contribution is 5.98. The quantitative estimate of drug-likeness (QED) is 0.576. The number of nitrogens with zero attached hydrogens (tertiary/aromatic N) is 2. The first kappa shape index (κ1) is 11.6. The first-order valence-corrected chi connectivity index (χ1v) is 4.94. The summed E-state index contributed by atoms with van der Waals surface area (Å²) in [6.07, 6.45) is 0.